The molecule has 1 aliphatic heterocycles. The number of hydrogen-bond donors (Lipinski definition) is 2. The normalized spacial score (nSPS) is 13.6. The minimum Gasteiger partial charge on any atom is -0.384 e. The van der Waals surface area contributed by atoms with Gasteiger partial charge in [-0.05, 0) is 32.4 Å². The van der Waals surface area contributed by atoms with E-state index in [-0.39, 0.29) is 11.9 Å². The van der Waals surface area contributed by atoms with Crippen molar-refractivity contribution in [2.75, 3.05) is 17.6 Å². The molecule has 0 radical (unpaired) electrons. The third-order valence-electron chi connectivity index (χ3n) is 4.42. The molecular weight excluding hydrogens is 293 g/mol. The van der Waals surface area contributed by atoms with Gasteiger partial charge in [0.15, 0.2) is 0 Å². The van der Waals surface area contributed by atoms with Crippen LogP contribution < -0.4 is 11.1 Å². The Morgan fingerprint density at radius 2 is 2.09 bits per heavy atom. The number of benzene rings is 1. The molecule has 0 fully saturated rings. The van der Waals surface area contributed by atoms with E-state index in [9.17, 15) is 4.39 Å². The van der Waals surface area contributed by atoms with Crippen LogP contribution in [0.2, 0.25) is 0 Å². The molecule has 3 N–H and O–H groups in total. The molecule has 1 aromatic carbocycles. The minimum atomic E-state index is -0.182. The highest BCUT2D eigenvalue weighted by atomic mass is 19.1. The summed E-state index contributed by atoms with van der Waals surface area (Å²) in [4.78, 5) is 8.44. The van der Waals surface area contributed by atoms with Crippen molar-refractivity contribution in [2.24, 2.45) is 0 Å². The summed E-state index contributed by atoms with van der Waals surface area (Å²) in [7, 11) is 0. The van der Waals surface area contributed by atoms with Gasteiger partial charge in [0.05, 0.1) is 5.39 Å². The first-order chi connectivity index (χ1) is 11.1. The molecule has 6 heteroatoms. The Hall–Kier alpha value is -2.63. The van der Waals surface area contributed by atoms with Crippen LogP contribution in [0.5, 0.6) is 0 Å². The quantitative estimate of drug-likeness (QED) is 0.761. The molecule has 3 aromatic rings. The smallest absolute Gasteiger partial charge is 0.146 e. The molecule has 0 amide bonds. The zero-order valence-electron chi connectivity index (χ0n) is 13.1. The number of anilines is 2. The van der Waals surface area contributed by atoms with Gasteiger partial charge in [-0.25, -0.2) is 14.4 Å². The molecule has 4 rings (SSSR count). The van der Waals surface area contributed by atoms with E-state index < -0.39 is 0 Å². The number of nitrogens with two attached hydrogens (primary N) is 1. The Morgan fingerprint density at radius 3 is 2.87 bits per heavy atom. The zero-order chi connectivity index (χ0) is 16.1. The monoisotopic (exact) mass is 311 g/mol. The number of nitrogens with zero attached hydrogens (tertiary/aromatic N) is 3. The van der Waals surface area contributed by atoms with Gasteiger partial charge in [-0.3, -0.25) is 0 Å². The third-order valence-corrected chi connectivity index (χ3v) is 4.42. The first-order valence-electron chi connectivity index (χ1n) is 7.74. The Bertz CT molecular complexity index is 913. The predicted molar refractivity (Wildman–Crippen MR) is 89.9 cm³/mol. The number of rotatable bonds is 2. The van der Waals surface area contributed by atoms with Gasteiger partial charge >= 0.3 is 0 Å². The minimum absolute atomic E-state index is 0.182. The maximum absolute atomic E-state index is 15.0. The van der Waals surface area contributed by atoms with E-state index in [1.54, 1.807) is 6.07 Å². The van der Waals surface area contributed by atoms with E-state index in [2.05, 4.69) is 29.1 Å². The van der Waals surface area contributed by atoms with E-state index >= 15 is 0 Å². The standard InChI is InChI=1S/C17H18FN5/c1-9(2)23-7-12(14-16(19)21-8-22-17(14)23)10-3-4-13-11(15(10)18)5-6-20-13/h3-4,7-9,20H,5-6H2,1-2H3,(H2,19,21,22). The summed E-state index contributed by atoms with van der Waals surface area (Å²) in [5.41, 5.74) is 9.73. The Labute approximate surface area is 133 Å². The summed E-state index contributed by atoms with van der Waals surface area (Å²) < 4.78 is 17.0. The second-order valence-electron chi connectivity index (χ2n) is 6.13. The second kappa shape index (κ2) is 4.94. The molecule has 0 aliphatic carbocycles. The largest absolute Gasteiger partial charge is 0.384 e. The molecule has 1 aliphatic rings. The SMILES string of the molecule is CC(C)n1cc(-c2ccc3c(c2F)CCN3)c2c(N)ncnc21. The van der Waals surface area contributed by atoms with Crippen molar-refractivity contribution in [3.63, 3.8) is 0 Å². The lowest BCUT2D eigenvalue weighted by atomic mass is 10.0. The van der Waals surface area contributed by atoms with E-state index in [0.29, 0.717) is 23.2 Å². The van der Waals surface area contributed by atoms with Gasteiger partial charge in [0.1, 0.15) is 23.6 Å². The predicted octanol–water partition coefficient (Wildman–Crippen LogP) is 3.37. The van der Waals surface area contributed by atoms with Crippen molar-refractivity contribution >= 4 is 22.5 Å². The van der Waals surface area contributed by atoms with Crippen molar-refractivity contribution in [3.8, 4) is 11.1 Å². The highest BCUT2D eigenvalue weighted by Crippen LogP contribution is 2.38. The fourth-order valence-corrected chi connectivity index (χ4v) is 3.27. The van der Waals surface area contributed by atoms with E-state index in [0.717, 1.165) is 29.0 Å². The second-order valence-corrected chi connectivity index (χ2v) is 6.13. The Morgan fingerprint density at radius 1 is 1.26 bits per heavy atom. The van der Waals surface area contributed by atoms with Crippen LogP contribution in [0.1, 0.15) is 25.5 Å². The molecule has 118 valence electrons. The van der Waals surface area contributed by atoms with E-state index in [1.165, 1.54) is 6.33 Å². The third kappa shape index (κ3) is 1.98. The molecule has 0 atom stereocenters. The number of hydrogen-bond acceptors (Lipinski definition) is 4. The van der Waals surface area contributed by atoms with Gasteiger partial charge in [-0.15, -0.1) is 0 Å². The van der Waals surface area contributed by atoms with Gasteiger partial charge in [-0.1, -0.05) is 0 Å². The molecule has 0 saturated heterocycles. The van der Waals surface area contributed by atoms with Crippen molar-refractivity contribution in [1.29, 1.82) is 0 Å². The van der Waals surface area contributed by atoms with Crippen molar-refractivity contribution in [3.05, 3.63) is 36.0 Å². The number of halogens is 1. The molecule has 0 unspecified atom stereocenters. The summed E-state index contributed by atoms with van der Waals surface area (Å²) in [6, 6.07) is 3.93. The average Bonchev–Trinajstić information content (AvgIpc) is 3.13. The average molecular weight is 311 g/mol. The molecule has 0 saturated carbocycles. The highest BCUT2D eigenvalue weighted by Gasteiger charge is 2.23. The number of fused-ring (bicyclic) bond motifs is 2. The van der Waals surface area contributed by atoms with Crippen molar-refractivity contribution < 1.29 is 4.39 Å². The van der Waals surface area contributed by atoms with Crippen molar-refractivity contribution in [1.82, 2.24) is 14.5 Å². The summed E-state index contributed by atoms with van der Waals surface area (Å²) >= 11 is 0. The molecule has 0 bridgehead atoms. The van der Waals surface area contributed by atoms with Gasteiger partial charge in [-0.2, -0.15) is 0 Å². The summed E-state index contributed by atoms with van der Waals surface area (Å²) in [5.74, 6) is 0.195. The molecule has 5 nitrogen and oxygen atoms in total. The molecule has 0 spiro atoms. The Balaban J connectivity index is 2.04. The highest BCUT2D eigenvalue weighted by molar-refractivity contribution is 6.01. The van der Waals surface area contributed by atoms with Gasteiger partial charge in [0.2, 0.25) is 0 Å². The number of nitrogen functional groups attached to an aromatic ring is 1. The molecule has 23 heavy (non-hydrogen) atoms. The maximum Gasteiger partial charge on any atom is 0.146 e. The first kappa shape index (κ1) is 14.0. The van der Waals surface area contributed by atoms with E-state index in [1.807, 2.05) is 16.8 Å². The van der Waals surface area contributed by atoms with Crippen LogP contribution in [-0.2, 0) is 6.42 Å². The van der Waals surface area contributed by atoms with E-state index in [4.69, 9.17) is 5.73 Å². The lowest BCUT2D eigenvalue weighted by Gasteiger charge is -2.08. The van der Waals surface area contributed by atoms with Crippen LogP contribution in [0.3, 0.4) is 0 Å². The first-order valence-corrected chi connectivity index (χ1v) is 7.74. The fraction of sp³-hybridized carbons (Fsp3) is 0.294. The van der Waals surface area contributed by atoms with Crippen LogP contribution in [-0.4, -0.2) is 21.1 Å². The number of nitrogens with one attached hydrogen (secondary N) is 1. The van der Waals surface area contributed by atoms with Crippen molar-refractivity contribution in [2.45, 2.75) is 26.3 Å². The molecule has 2 aromatic heterocycles. The summed E-state index contributed by atoms with van der Waals surface area (Å²) in [5, 5.41) is 3.91. The summed E-state index contributed by atoms with van der Waals surface area (Å²) in [6.45, 7) is 4.89. The summed E-state index contributed by atoms with van der Waals surface area (Å²) in [6.07, 6.45) is 4.07. The van der Waals surface area contributed by atoms with Crippen LogP contribution in [0.15, 0.2) is 24.7 Å². The zero-order valence-corrected chi connectivity index (χ0v) is 13.1. The Kier molecular flexibility index (Phi) is 3.01. The maximum atomic E-state index is 15.0. The van der Waals surface area contributed by atoms with Gasteiger partial charge in [0.25, 0.3) is 0 Å². The lowest BCUT2D eigenvalue weighted by Crippen LogP contribution is -2.00. The van der Waals surface area contributed by atoms with Gasteiger partial charge < -0.3 is 15.6 Å². The topological polar surface area (TPSA) is 68.8 Å². The fourth-order valence-electron chi connectivity index (χ4n) is 3.27. The number of aromatic nitrogens is 3. The molecule has 3 heterocycles. The lowest BCUT2D eigenvalue weighted by molar-refractivity contribution is 0.613. The van der Waals surface area contributed by atoms with Gasteiger partial charge in [0, 0.05) is 41.2 Å². The molecular formula is C17H18FN5. The van der Waals surface area contributed by atoms with Crippen LogP contribution in [0.25, 0.3) is 22.2 Å². The van der Waals surface area contributed by atoms with Crippen LogP contribution in [0, 0.1) is 5.82 Å². The van der Waals surface area contributed by atoms with Crippen LogP contribution >= 0.6 is 0 Å². The van der Waals surface area contributed by atoms with Crippen LogP contribution in [0.4, 0.5) is 15.9 Å².